The van der Waals surface area contributed by atoms with Crippen molar-refractivity contribution in [1.82, 2.24) is 0 Å². The Kier molecular flexibility index (Phi) is 8.14. The van der Waals surface area contributed by atoms with Crippen molar-refractivity contribution in [3.63, 3.8) is 0 Å². The fourth-order valence-corrected chi connectivity index (χ4v) is 3.17. The van der Waals surface area contributed by atoms with Gasteiger partial charge >= 0.3 is 0 Å². The van der Waals surface area contributed by atoms with Gasteiger partial charge in [-0.25, -0.2) is 0 Å². The maximum Gasteiger partial charge on any atom is 0.226 e. The van der Waals surface area contributed by atoms with Crippen molar-refractivity contribution in [2.45, 2.75) is 38.7 Å². The van der Waals surface area contributed by atoms with E-state index in [0.29, 0.717) is 27.8 Å². The summed E-state index contributed by atoms with van der Waals surface area (Å²) in [5, 5.41) is 8.63. The van der Waals surface area contributed by atoms with Crippen molar-refractivity contribution >= 4 is 41.0 Å². The number of halogens is 2. The van der Waals surface area contributed by atoms with E-state index in [9.17, 15) is 4.79 Å². The number of nitrogens with one attached hydrogen (secondary N) is 1. The minimum atomic E-state index is -0.617. The quantitative estimate of drug-likeness (QED) is 0.391. The fourth-order valence-electron chi connectivity index (χ4n) is 2.65. The Balaban J connectivity index is 2.05. The van der Waals surface area contributed by atoms with Crippen molar-refractivity contribution in [2.75, 3.05) is 11.9 Å². The maximum absolute atomic E-state index is 12.2. The molecule has 144 valence electrons. The molecule has 0 aliphatic heterocycles. The number of benzene rings is 2. The predicted molar refractivity (Wildman–Crippen MR) is 113 cm³/mol. The van der Waals surface area contributed by atoms with Crippen molar-refractivity contribution in [2.24, 2.45) is 0 Å². The van der Waals surface area contributed by atoms with E-state index < -0.39 is 6.10 Å². The Morgan fingerprint density at radius 3 is 2.48 bits per heavy atom. The van der Waals surface area contributed by atoms with Crippen LogP contribution in [-0.2, 0) is 4.79 Å². The lowest BCUT2D eigenvalue weighted by atomic mass is 10.1. The van der Waals surface area contributed by atoms with Gasteiger partial charge < -0.3 is 15.0 Å². The third-order valence-electron chi connectivity index (χ3n) is 4.28. The zero-order valence-corrected chi connectivity index (χ0v) is 17.1. The summed E-state index contributed by atoms with van der Waals surface area (Å²) in [4.78, 5) is 13.9. The monoisotopic (exact) mass is 406 g/mol. The second-order valence-electron chi connectivity index (χ2n) is 6.27. The summed E-state index contributed by atoms with van der Waals surface area (Å²) >= 11 is 12.1. The van der Waals surface area contributed by atoms with E-state index in [1.54, 1.807) is 42.3 Å². The molecule has 0 saturated heterocycles. The molecule has 1 amide bonds. The summed E-state index contributed by atoms with van der Waals surface area (Å²) in [6, 6.07) is 12.3. The maximum atomic E-state index is 12.2. The number of carbonyl (C=O) groups is 1. The van der Waals surface area contributed by atoms with Crippen LogP contribution in [0.4, 0.5) is 5.69 Å². The molecule has 1 atom stereocenters. The molecule has 0 saturated carbocycles. The first-order valence-electron chi connectivity index (χ1n) is 8.95. The molecule has 2 aromatic rings. The average molecular weight is 407 g/mol. The molecule has 0 bridgehead atoms. The Morgan fingerprint density at radius 2 is 1.89 bits per heavy atom. The highest BCUT2D eigenvalue weighted by Gasteiger charge is 2.15. The van der Waals surface area contributed by atoms with Crippen LogP contribution in [0.15, 0.2) is 42.5 Å². The van der Waals surface area contributed by atoms with Gasteiger partial charge in [0.1, 0.15) is 5.75 Å². The highest BCUT2D eigenvalue weighted by atomic mass is 35.5. The second kappa shape index (κ2) is 10.3. The normalized spacial score (nSPS) is 11.7. The predicted octanol–water partition coefficient (Wildman–Crippen LogP) is 6.31. The first-order valence-corrected chi connectivity index (χ1v) is 9.70. The van der Waals surface area contributed by atoms with E-state index in [1.165, 1.54) is 6.21 Å². The van der Waals surface area contributed by atoms with Crippen molar-refractivity contribution < 1.29 is 9.53 Å². The zero-order valence-electron chi connectivity index (χ0n) is 15.5. The smallest absolute Gasteiger partial charge is 0.226 e. The standard InChI is InChI=1S/C21H24Cl2N2O2/c1-3-4-5-6-21(26)25(2)16-8-10-17(11-9-16)27-20(14-24)18-12-7-15(22)13-19(18)23/h7-14,20,24H,3-6H2,1-2H3. The van der Waals surface area contributed by atoms with E-state index in [2.05, 4.69) is 6.92 Å². The van der Waals surface area contributed by atoms with Gasteiger partial charge in [-0.1, -0.05) is 49.0 Å². The van der Waals surface area contributed by atoms with Gasteiger partial charge in [0.15, 0.2) is 6.10 Å². The van der Waals surface area contributed by atoms with E-state index in [1.807, 2.05) is 12.1 Å². The highest BCUT2D eigenvalue weighted by Crippen LogP contribution is 2.29. The van der Waals surface area contributed by atoms with E-state index in [4.69, 9.17) is 33.3 Å². The molecular formula is C21H24Cl2N2O2. The van der Waals surface area contributed by atoms with Crippen LogP contribution < -0.4 is 9.64 Å². The molecule has 4 nitrogen and oxygen atoms in total. The molecule has 0 radical (unpaired) electrons. The summed E-state index contributed by atoms with van der Waals surface area (Å²) in [6.07, 6.45) is 4.18. The molecule has 2 aromatic carbocycles. The Labute approximate surface area is 170 Å². The van der Waals surface area contributed by atoms with E-state index >= 15 is 0 Å². The number of hydrogen-bond acceptors (Lipinski definition) is 3. The fraction of sp³-hybridized carbons (Fsp3) is 0.333. The van der Waals surface area contributed by atoms with Gasteiger partial charge in [0.2, 0.25) is 5.91 Å². The molecule has 0 aromatic heterocycles. The number of carbonyl (C=O) groups excluding carboxylic acids is 1. The van der Waals surface area contributed by atoms with Gasteiger partial charge in [0.25, 0.3) is 0 Å². The van der Waals surface area contributed by atoms with Crippen molar-refractivity contribution in [3.05, 3.63) is 58.1 Å². The van der Waals surface area contributed by atoms with Crippen molar-refractivity contribution in [3.8, 4) is 5.75 Å². The van der Waals surface area contributed by atoms with Crippen molar-refractivity contribution in [1.29, 1.82) is 5.41 Å². The van der Waals surface area contributed by atoms with Crippen LogP contribution in [0.25, 0.3) is 0 Å². The molecule has 0 heterocycles. The SMILES string of the molecule is CCCCCC(=O)N(C)c1ccc(OC(C=N)c2ccc(Cl)cc2Cl)cc1. The van der Waals surface area contributed by atoms with Crippen LogP contribution in [-0.4, -0.2) is 19.2 Å². The highest BCUT2D eigenvalue weighted by molar-refractivity contribution is 6.35. The number of hydrogen-bond donors (Lipinski definition) is 1. The number of rotatable bonds is 9. The minimum Gasteiger partial charge on any atom is -0.480 e. The molecule has 0 fully saturated rings. The number of amides is 1. The molecule has 1 N–H and O–H groups in total. The van der Waals surface area contributed by atoms with Crippen LogP contribution in [0.5, 0.6) is 5.75 Å². The third-order valence-corrected chi connectivity index (χ3v) is 4.84. The summed E-state index contributed by atoms with van der Waals surface area (Å²) in [6.45, 7) is 2.12. The van der Waals surface area contributed by atoms with Crippen LogP contribution in [0.2, 0.25) is 10.0 Å². The van der Waals surface area contributed by atoms with E-state index in [0.717, 1.165) is 24.9 Å². The van der Waals surface area contributed by atoms with Gasteiger partial charge in [-0.05, 0) is 42.8 Å². The first-order chi connectivity index (χ1) is 13.0. The molecule has 27 heavy (non-hydrogen) atoms. The van der Waals surface area contributed by atoms with Gasteiger partial charge in [-0.3, -0.25) is 4.79 Å². The molecule has 2 rings (SSSR count). The number of nitrogens with zero attached hydrogens (tertiary/aromatic N) is 1. The molecule has 1 unspecified atom stereocenters. The topological polar surface area (TPSA) is 53.4 Å². The second-order valence-corrected chi connectivity index (χ2v) is 7.12. The molecule has 0 aliphatic carbocycles. The summed E-state index contributed by atoms with van der Waals surface area (Å²) in [7, 11) is 1.78. The van der Waals surface area contributed by atoms with Crippen LogP contribution in [0, 0.1) is 5.41 Å². The van der Waals surface area contributed by atoms with Gasteiger partial charge in [-0.15, -0.1) is 0 Å². The summed E-state index contributed by atoms with van der Waals surface area (Å²) in [5.41, 5.74) is 1.48. The Bertz CT molecular complexity index is 778. The number of ether oxygens (including phenoxy) is 1. The van der Waals surface area contributed by atoms with Crippen LogP contribution >= 0.6 is 23.2 Å². The lowest BCUT2D eigenvalue weighted by Gasteiger charge is -2.19. The zero-order chi connectivity index (χ0) is 19.8. The van der Waals surface area contributed by atoms with Gasteiger partial charge in [0.05, 0.1) is 0 Å². The third kappa shape index (κ3) is 5.98. The Hall–Kier alpha value is -2.04. The summed E-state index contributed by atoms with van der Waals surface area (Å²) < 4.78 is 5.87. The largest absolute Gasteiger partial charge is 0.480 e. The molecule has 0 aliphatic rings. The summed E-state index contributed by atoms with van der Waals surface area (Å²) in [5.74, 6) is 0.688. The first kappa shape index (κ1) is 21.3. The Morgan fingerprint density at radius 1 is 1.19 bits per heavy atom. The lowest BCUT2D eigenvalue weighted by Crippen LogP contribution is -2.25. The van der Waals surface area contributed by atoms with E-state index in [-0.39, 0.29) is 5.91 Å². The lowest BCUT2D eigenvalue weighted by molar-refractivity contribution is -0.118. The molecule has 6 heteroatoms. The number of unbranched alkanes of at least 4 members (excludes halogenated alkanes) is 2. The van der Waals surface area contributed by atoms with Gasteiger partial charge in [-0.2, -0.15) is 0 Å². The minimum absolute atomic E-state index is 0.0995. The van der Waals surface area contributed by atoms with Crippen LogP contribution in [0.3, 0.4) is 0 Å². The molecule has 0 spiro atoms. The average Bonchev–Trinajstić information content (AvgIpc) is 2.66. The van der Waals surface area contributed by atoms with Crippen LogP contribution in [0.1, 0.15) is 44.3 Å². The number of anilines is 1. The molecular weight excluding hydrogens is 383 g/mol. The van der Waals surface area contributed by atoms with Gasteiger partial charge in [0, 0.05) is 41.0 Å².